The summed E-state index contributed by atoms with van der Waals surface area (Å²) in [4.78, 5) is 13.9. The Morgan fingerprint density at radius 2 is 2.16 bits per heavy atom. The van der Waals surface area contributed by atoms with Crippen LogP contribution in [0.4, 0.5) is 8.78 Å². The van der Waals surface area contributed by atoms with Gasteiger partial charge < -0.3 is 4.90 Å². The topological polar surface area (TPSA) is 20.3 Å². The lowest BCUT2D eigenvalue weighted by atomic mass is 10.0. The number of rotatable bonds is 3. The van der Waals surface area contributed by atoms with E-state index in [0.717, 1.165) is 25.3 Å². The van der Waals surface area contributed by atoms with Gasteiger partial charge in [0.2, 0.25) is 5.91 Å². The zero-order chi connectivity index (χ0) is 13.8. The van der Waals surface area contributed by atoms with Gasteiger partial charge in [-0.3, -0.25) is 4.79 Å². The van der Waals surface area contributed by atoms with Crippen molar-refractivity contribution in [3.05, 3.63) is 35.4 Å². The number of nitrogens with zero attached hydrogens (tertiary/aromatic N) is 1. The number of alkyl halides is 1. The van der Waals surface area contributed by atoms with E-state index in [1.54, 1.807) is 4.90 Å². The summed E-state index contributed by atoms with van der Waals surface area (Å²) in [5, 5.41) is 0. The molecule has 0 saturated carbocycles. The van der Waals surface area contributed by atoms with Gasteiger partial charge in [-0.15, -0.1) is 11.6 Å². The highest BCUT2D eigenvalue weighted by atomic mass is 35.5. The van der Waals surface area contributed by atoms with Crippen molar-refractivity contribution >= 4 is 17.5 Å². The van der Waals surface area contributed by atoms with E-state index < -0.39 is 11.6 Å². The molecular weight excluding hydrogens is 272 g/mol. The molecule has 0 radical (unpaired) electrons. The summed E-state index contributed by atoms with van der Waals surface area (Å²) < 4.78 is 26.6. The molecule has 0 spiro atoms. The SMILES string of the molecule is O=C(Cc1cccc(F)c1F)N1CCCCC1CCl. The Bertz CT molecular complexity index is 467. The van der Waals surface area contributed by atoms with Gasteiger partial charge >= 0.3 is 0 Å². The van der Waals surface area contributed by atoms with Crippen LogP contribution >= 0.6 is 11.6 Å². The van der Waals surface area contributed by atoms with Crippen LogP contribution in [0.25, 0.3) is 0 Å². The molecule has 5 heteroatoms. The van der Waals surface area contributed by atoms with Crippen molar-refractivity contribution < 1.29 is 13.6 Å². The van der Waals surface area contributed by atoms with Crippen LogP contribution in [-0.2, 0) is 11.2 Å². The summed E-state index contributed by atoms with van der Waals surface area (Å²) in [7, 11) is 0. The maximum atomic E-state index is 13.5. The zero-order valence-electron chi connectivity index (χ0n) is 10.5. The Morgan fingerprint density at radius 1 is 1.37 bits per heavy atom. The van der Waals surface area contributed by atoms with Crippen LogP contribution in [0.2, 0.25) is 0 Å². The molecule has 0 N–H and O–H groups in total. The molecule has 2 nitrogen and oxygen atoms in total. The molecule has 0 aliphatic carbocycles. The van der Waals surface area contributed by atoms with E-state index >= 15 is 0 Å². The molecule has 104 valence electrons. The Kier molecular flexibility index (Phi) is 4.75. The first-order valence-electron chi connectivity index (χ1n) is 6.42. The molecule has 2 rings (SSSR count). The number of carbonyl (C=O) groups is 1. The van der Waals surface area contributed by atoms with Crippen LogP contribution in [0.15, 0.2) is 18.2 Å². The quantitative estimate of drug-likeness (QED) is 0.782. The lowest BCUT2D eigenvalue weighted by Crippen LogP contribution is -2.45. The van der Waals surface area contributed by atoms with Crippen LogP contribution in [0.1, 0.15) is 24.8 Å². The van der Waals surface area contributed by atoms with Crippen LogP contribution in [0.5, 0.6) is 0 Å². The number of amides is 1. The van der Waals surface area contributed by atoms with E-state index in [1.807, 2.05) is 0 Å². The van der Waals surface area contributed by atoms with E-state index in [2.05, 4.69) is 0 Å². The molecule has 19 heavy (non-hydrogen) atoms. The van der Waals surface area contributed by atoms with Crippen molar-refractivity contribution in [1.82, 2.24) is 4.90 Å². The molecule has 1 fully saturated rings. The number of hydrogen-bond donors (Lipinski definition) is 0. The molecule has 1 aliphatic rings. The molecule has 1 saturated heterocycles. The monoisotopic (exact) mass is 287 g/mol. The molecular formula is C14H16ClF2NO. The van der Waals surface area contributed by atoms with Crippen molar-refractivity contribution in [2.24, 2.45) is 0 Å². The van der Waals surface area contributed by atoms with Crippen LogP contribution in [-0.4, -0.2) is 29.3 Å². The number of hydrogen-bond acceptors (Lipinski definition) is 1. The molecule has 1 unspecified atom stereocenters. The van der Waals surface area contributed by atoms with Crippen LogP contribution < -0.4 is 0 Å². The molecule has 0 bridgehead atoms. The lowest BCUT2D eigenvalue weighted by Gasteiger charge is -2.34. The largest absolute Gasteiger partial charge is 0.338 e. The van der Waals surface area contributed by atoms with Gasteiger partial charge in [-0.25, -0.2) is 8.78 Å². The Hall–Kier alpha value is -1.16. The van der Waals surface area contributed by atoms with Crippen molar-refractivity contribution in [3.63, 3.8) is 0 Å². The smallest absolute Gasteiger partial charge is 0.227 e. The predicted molar refractivity (Wildman–Crippen MR) is 70.1 cm³/mol. The van der Waals surface area contributed by atoms with E-state index in [0.29, 0.717) is 12.4 Å². The number of carbonyl (C=O) groups excluding carboxylic acids is 1. The molecule has 1 aliphatic heterocycles. The number of piperidine rings is 1. The van der Waals surface area contributed by atoms with Gasteiger partial charge in [0, 0.05) is 24.0 Å². The third-order valence-electron chi connectivity index (χ3n) is 3.50. The van der Waals surface area contributed by atoms with Gasteiger partial charge in [-0.1, -0.05) is 12.1 Å². The van der Waals surface area contributed by atoms with E-state index in [9.17, 15) is 13.6 Å². The number of likely N-dealkylation sites (tertiary alicyclic amines) is 1. The van der Waals surface area contributed by atoms with Gasteiger partial charge in [-0.05, 0) is 25.3 Å². The highest BCUT2D eigenvalue weighted by molar-refractivity contribution is 6.18. The van der Waals surface area contributed by atoms with Gasteiger partial charge in [-0.2, -0.15) is 0 Å². The third-order valence-corrected chi connectivity index (χ3v) is 3.86. The molecule has 1 aromatic carbocycles. The zero-order valence-corrected chi connectivity index (χ0v) is 11.3. The minimum absolute atomic E-state index is 0.0135. The number of halogens is 3. The second-order valence-electron chi connectivity index (χ2n) is 4.78. The minimum atomic E-state index is -0.935. The Labute approximate surface area is 116 Å². The van der Waals surface area contributed by atoms with Crippen molar-refractivity contribution in [2.45, 2.75) is 31.7 Å². The fourth-order valence-electron chi connectivity index (χ4n) is 2.44. The standard InChI is InChI=1S/C14H16ClF2NO/c15-9-11-5-1-2-7-18(11)13(19)8-10-4-3-6-12(16)14(10)17/h3-4,6,11H,1-2,5,7-9H2. The summed E-state index contributed by atoms with van der Waals surface area (Å²) in [5.41, 5.74) is 0.101. The normalized spacial score (nSPS) is 19.5. The first-order chi connectivity index (χ1) is 9.13. The van der Waals surface area contributed by atoms with E-state index in [1.165, 1.54) is 12.1 Å². The Morgan fingerprint density at radius 3 is 2.89 bits per heavy atom. The van der Waals surface area contributed by atoms with Gasteiger partial charge in [0.15, 0.2) is 11.6 Å². The van der Waals surface area contributed by atoms with Gasteiger partial charge in [0.1, 0.15) is 0 Å². The van der Waals surface area contributed by atoms with Crippen LogP contribution in [0.3, 0.4) is 0 Å². The molecule has 1 amide bonds. The fourth-order valence-corrected chi connectivity index (χ4v) is 2.76. The van der Waals surface area contributed by atoms with Gasteiger partial charge in [0.05, 0.1) is 6.42 Å². The third kappa shape index (κ3) is 3.24. The van der Waals surface area contributed by atoms with Crippen molar-refractivity contribution in [1.29, 1.82) is 0 Å². The summed E-state index contributed by atoms with van der Waals surface area (Å²) >= 11 is 5.85. The highest BCUT2D eigenvalue weighted by Gasteiger charge is 2.26. The lowest BCUT2D eigenvalue weighted by molar-refractivity contribution is -0.133. The molecule has 0 aromatic heterocycles. The second-order valence-corrected chi connectivity index (χ2v) is 5.09. The first kappa shape index (κ1) is 14.3. The van der Waals surface area contributed by atoms with Crippen molar-refractivity contribution in [2.75, 3.05) is 12.4 Å². The summed E-state index contributed by atoms with van der Waals surface area (Å²) in [6, 6.07) is 3.91. The van der Waals surface area contributed by atoms with Crippen LogP contribution in [0, 0.1) is 11.6 Å². The molecule has 1 atom stereocenters. The Balaban J connectivity index is 2.09. The van der Waals surface area contributed by atoms with Crippen molar-refractivity contribution in [3.8, 4) is 0 Å². The maximum absolute atomic E-state index is 13.5. The maximum Gasteiger partial charge on any atom is 0.227 e. The fraction of sp³-hybridized carbons (Fsp3) is 0.500. The summed E-state index contributed by atoms with van der Waals surface area (Å²) in [6.07, 6.45) is 2.75. The van der Waals surface area contributed by atoms with Gasteiger partial charge in [0.25, 0.3) is 0 Å². The second kappa shape index (κ2) is 6.33. The number of benzene rings is 1. The molecule has 1 aromatic rings. The summed E-state index contributed by atoms with van der Waals surface area (Å²) in [5.74, 6) is -1.65. The highest BCUT2D eigenvalue weighted by Crippen LogP contribution is 2.20. The average Bonchev–Trinajstić information content (AvgIpc) is 2.43. The summed E-state index contributed by atoms with van der Waals surface area (Å²) in [6.45, 7) is 0.646. The average molecular weight is 288 g/mol. The minimum Gasteiger partial charge on any atom is -0.338 e. The molecule has 1 heterocycles. The van der Waals surface area contributed by atoms with E-state index in [-0.39, 0.29) is 23.9 Å². The van der Waals surface area contributed by atoms with E-state index in [4.69, 9.17) is 11.6 Å². The first-order valence-corrected chi connectivity index (χ1v) is 6.95. The predicted octanol–water partition coefficient (Wildman–Crippen LogP) is 3.13.